The number of rotatable bonds is 1. The molecule has 0 radical (unpaired) electrons. The highest BCUT2D eigenvalue weighted by molar-refractivity contribution is 5.78. The Bertz CT molecular complexity index is 774. The van der Waals surface area contributed by atoms with Crippen LogP contribution in [-0.2, 0) is 0 Å². The number of fused-ring (bicyclic) bond motifs is 1. The molecule has 124 valence electrons. The molecule has 0 unspecified atom stereocenters. The van der Waals surface area contributed by atoms with Crippen LogP contribution in [0.2, 0.25) is 0 Å². The van der Waals surface area contributed by atoms with Crippen molar-refractivity contribution >= 4 is 16.7 Å². The molecule has 0 aliphatic heterocycles. The third-order valence-corrected chi connectivity index (χ3v) is 3.40. The fourth-order valence-corrected chi connectivity index (χ4v) is 2.12. The third kappa shape index (κ3) is 1.83. The molecule has 0 amide bonds. The van der Waals surface area contributed by atoms with Gasteiger partial charge in [-0.25, -0.2) is 4.98 Å². The molecule has 2 nitrogen and oxygen atoms in total. The smallest absolute Gasteiger partial charge is 0.383 e. The van der Waals surface area contributed by atoms with E-state index in [0.29, 0.717) is 0 Å². The summed E-state index contributed by atoms with van der Waals surface area (Å²) >= 11 is 0. The molecular weight excluding hydrogens is 338 g/mol. The fourth-order valence-electron chi connectivity index (χ4n) is 2.12. The Morgan fingerprint density at radius 1 is 0.826 bits per heavy atom. The van der Waals surface area contributed by atoms with Gasteiger partial charge in [-0.3, -0.25) is 0 Å². The molecule has 0 fully saturated rings. The molecule has 1 heterocycles. The minimum Gasteiger partial charge on any atom is -0.436 e. The van der Waals surface area contributed by atoms with Gasteiger partial charge in [0.2, 0.25) is 5.89 Å². The third-order valence-electron chi connectivity index (χ3n) is 3.40. The van der Waals surface area contributed by atoms with E-state index in [4.69, 9.17) is 4.42 Å². The molecule has 10 heteroatoms. The number of oxazole rings is 1. The van der Waals surface area contributed by atoms with Gasteiger partial charge in [0, 0.05) is 6.08 Å². The van der Waals surface area contributed by atoms with E-state index in [2.05, 4.69) is 4.98 Å². The molecule has 3 rings (SSSR count). The van der Waals surface area contributed by atoms with Gasteiger partial charge in [0.1, 0.15) is 5.52 Å². The van der Waals surface area contributed by atoms with Gasteiger partial charge in [0.15, 0.2) is 5.58 Å². The highest BCUT2D eigenvalue weighted by Crippen LogP contribution is 2.61. The summed E-state index contributed by atoms with van der Waals surface area (Å²) in [6, 6.07) is 5.26. The van der Waals surface area contributed by atoms with Crippen LogP contribution >= 0.6 is 0 Å². The number of alkyl halides is 8. The van der Waals surface area contributed by atoms with E-state index in [1.54, 1.807) is 0 Å². The maximum absolute atomic E-state index is 13.8. The quantitative estimate of drug-likeness (QED) is 0.698. The minimum atomic E-state index is -6.33. The summed E-state index contributed by atoms with van der Waals surface area (Å²) in [5.74, 6) is -25.0. The Kier molecular flexibility index (Phi) is 2.90. The summed E-state index contributed by atoms with van der Waals surface area (Å²) in [6.07, 6.45) is -0.922. The van der Waals surface area contributed by atoms with Crippen molar-refractivity contribution in [2.45, 2.75) is 23.7 Å². The zero-order valence-electron chi connectivity index (χ0n) is 10.8. The highest BCUT2D eigenvalue weighted by Gasteiger charge is 2.84. The Morgan fingerprint density at radius 2 is 1.43 bits per heavy atom. The van der Waals surface area contributed by atoms with E-state index < -0.39 is 41.2 Å². The van der Waals surface area contributed by atoms with Gasteiger partial charge in [-0.2, -0.15) is 35.1 Å². The molecule has 0 saturated heterocycles. The summed E-state index contributed by atoms with van der Waals surface area (Å²) in [5.41, 5.74) is -2.32. The van der Waals surface area contributed by atoms with Gasteiger partial charge >= 0.3 is 23.7 Å². The van der Waals surface area contributed by atoms with Crippen LogP contribution in [0.5, 0.6) is 0 Å². The van der Waals surface area contributed by atoms with E-state index in [1.165, 1.54) is 24.3 Å². The van der Waals surface area contributed by atoms with Crippen molar-refractivity contribution in [2.24, 2.45) is 0 Å². The molecule has 0 atom stereocenters. The number of hydrogen-bond donors (Lipinski definition) is 0. The topological polar surface area (TPSA) is 26.0 Å². The first-order valence-electron chi connectivity index (χ1n) is 6.02. The summed E-state index contributed by atoms with van der Waals surface area (Å²) < 4.78 is 112. The van der Waals surface area contributed by atoms with Crippen LogP contribution in [-0.4, -0.2) is 28.7 Å². The largest absolute Gasteiger partial charge is 0.436 e. The molecule has 0 spiro atoms. The van der Waals surface area contributed by atoms with Gasteiger partial charge in [-0.05, 0) is 12.1 Å². The molecular formula is C13H5F8NO. The second-order valence-electron chi connectivity index (χ2n) is 4.89. The maximum atomic E-state index is 13.8. The van der Waals surface area contributed by atoms with Crippen LogP contribution in [0.1, 0.15) is 5.89 Å². The van der Waals surface area contributed by atoms with E-state index in [1.807, 2.05) is 0 Å². The van der Waals surface area contributed by atoms with Crippen molar-refractivity contribution in [2.75, 3.05) is 0 Å². The zero-order valence-corrected chi connectivity index (χ0v) is 10.8. The van der Waals surface area contributed by atoms with E-state index >= 15 is 0 Å². The van der Waals surface area contributed by atoms with Crippen LogP contribution in [0.25, 0.3) is 16.7 Å². The summed E-state index contributed by atoms with van der Waals surface area (Å²) in [5, 5.41) is 0. The van der Waals surface area contributed by atoms with Gasteiger partial charge in [-0.1, -0.05) is 12.1 Å². The lowest BCUT2D eigenvalue weighted by molar-refractivity contribution is -0.348. The SMILES string of the molecule is FC1(F)C=C(c2nc3ccccc3o2)C(F)(F)C(F)(F)C1(F)F. The lowest BCUT2D eigenvalue weighted by Crippen LogP contribution is -2.65. The standard InChI is InChI=1S/C13H5F8NO/c14-10(15)5-6(11(16,17)13(20,21)12(10,18)19)9-22-7-3-1-2-4-8(7)23-9/h1-5H. The number of hydrogen-bond acceptors (Lipinski definition) is 2. The first-order chi connectivity index (χ1) is 10.4. The van der Waals surface area contributed by atoms with Gasteiger partial charge in [-0.15, -0.1) is 0 Å². The van der Waals surface area contributed by atoms with Crippen LogP contribution in [0.15, 0.2) is 34.8 Å². The molecule has 1 aromatic carbocycles. The Hall–Kier alpha value is -2.13. The van der Waals surface area contributed by atoms with E-state index in [9.17, 15) is 35.1 Å². The minimum absolute atomic E-state index is 0.0804. The molecule has 0 N–H and O–H groups in total. The number of nitrogens with zero attached hydrogens (tertiary/aromatic N) is 1. The van der Waals surface area contributed by atoms with Crippen LogP contribution in [0.3, 0.4) is 0 Å². The molecule has 23 heavy (non-hydrogen) atoms. The number of para-hydroxylation sites is 2. The Morgan fingerprint density at radius 3 is 2.04 bits per heavy atom. The lowest BCUT2D eigenvalue weighted by Gasteiger charge is -2.40. The molecule has 2 aromatic rings. The van der Waals surface area contributed by atoms with Crippen LogP contribution in [0.4, 0.5) is 35.1 Å². The average Bonchev–Trinajstić information content (AvgIpc) is 2.86. The molecule has 1 aliphatic carbocycles. The van der Waals surface area contributed by atoms with Crippen molar-refractivity contribution in [1.29, 1.82) is 0 Å². The average molecular weight is 343 g/mol. The van der Waals surface area contributed by atoms with Crippen molar-refractivity contribution in [1.82, 2.24) is 4.98 Å². The van der Waals surface area contributed by atoms with Gasteiger partial charge < -0.3 is 4.42 Å². The van der Waals surface area contributed by atoms with E-state index in [-0.39, 0.29) is 11.1 Å². The fraction of sp³-hybridized carbons (Fsp3) is 0.308. The Labute approximate surface area is 122 Å². The van der Waals surface area contributed by atoms with E-state index in [0.717, 1.165) is 0 Å². The number of allylic oxidation sites excluding steroid dienone is 2. The number of benzene rings is 1. The van der Waals surface area contributed by atoms with Crippen LogP contribution in [0, 0.1) is 0 Å². The van der Waals surface area contributed by atoms with Crippen molar-refractivity contribution < 1.29 is 39.5 Å². The second-order valence-corrected chi connectivity index (χ2v) is 4.89. The number of halogens is 8. The molecule has 1 aliphatic rings. The van der Waals surface area contributed by atoms with Crippen molar-refractivity contribution in [3.05, 3.63) is 36.2 Å². The summed E-state index contributed by atoms with van der Waals surface area (Å²) in [7, 11) is 0. The molecule has 0 saturated carbocycles. The number of aromatic nitrogens is 1. The van der Waals surface area contributed by atoms with Crippen molar-refractivity contribution in [3.63, 3.8) is 0 Å². The maximum Gasteiger partial charge on any atom is 0.383 e. The van der Waals surface area contributed by atoms with Crippen molar-refractivity contribution in [3.8, 4) is 0 Å². The second kappa shape index (κ2) is 4.24. The normalized spacial score (nSPS) is 24.4. The first kappa shape index (κ1) is 15.8. The zero-order chi connectivity index (χ0) is 17.3. The lowest BCUT2D eigenvalue weighted by atomic mass is 9.86. The summed E-state index contributed by atoms with van der Waals surface area (Å²) in [6.45, 7) is 0. The predicted octanol–water partition coefficient (Wildman–Crippen LogP) is 4.77. The Balaban J connectivity index is 2.27. The monoisotopic (exact) mass is 343 g/mol. The van der Waals surface area contributed by atoms with Crippen LogP contribution < -0.4 is 0 Å². The van der Waals surface area contributed by atoms with Gasteiger partial charge in [0.25, 0.3) is 0 Å². The first-order valence-corrected chi connectivity index (χ1v) is 6.02. The predicted molar refractivity (Wildman–Crippen MR) is 61.8 cm³/mol. The highest BCUT2D eigenvalue weighted by atomic mass is 19.4. The molecule has 1 aromatic heterocycles. The molecule has 0 bridgehead atoms. The summed E-state index contributed by atoms with van der Waals surface area (Å²) in [4.78, 5) is 3.38. The van der Waals surface area contributed by atoms with Gasteiger partial charge in [0.05, 0.1) is 5.57 Å².